The molecule has 6 nitrogen and oxygen atoms in total. The van der Waals surface area contributed by atoms with Crippen LogP contribution >= 0.6 is 11.8 Å². The first-order valence-corrected chi connectivity index (χ1v) is 10.8. The van der Waals surface area contributed by atoms with E-state index in [1.807, 2.05) is 0 Å². The highest BCUT2D eigenvalue weighted by molar-refractivity contribution is 8.04. The number of nitrogens with zero attached hydrogens (tertiary/aromatic N) is 1. The Labute approximate surface area is 169 Å². The molecule has 1 aliphatic heterocycles. The number of nitrogens with one attached hydrogen (secondary N) is 1. The summed E-state index contributed by atoms with van der Waals surface area (Å²) in [4.78, 5) is 39.5. The third-order valence-electron chi connectivity index (χ3n) is 5.09. The van der Waals surface area contributed by atoms with Gasteiger partial charge in [-0.25, -0.2) is 0 Å². The van der Waals surface area contributed by atoms with Crippen LogP contribution in [0.15, 0.2) is 29.2 Å². The third kappa shape index (κ3) is 4.47. The van der Waals surface area contributed by atoms with Crippen LogP contribution in [-0.4, -0.2) is 46.1 Å². The van der Waals surface area contributed by atoms with Crippen molar-refractivity contribution in [3.05, 3.63) is 34.7 Å². The van der Waals surface area contributed by atoms with Gasteiger partial charge in [0.25, 0.3) is 11.8 Å². The minimum absolute atomic E-state index is 0.0524. The first kappa shape index (κ1) is 20.6. The molecule has 1 aliphatic carbocycles. The number of benzene rings is 1. The molecule has 0 aromatic heterocycles. The van der Waals surface area contributed by atoms with E-state index < -0.39 is 0 Å². The van der Waals surface area contributed by atoms with Gasteiger partial charge >= 0.3 is 0 Å². The molecule has 3 rings (SSSR count). The lowest BCUT2D eigenvalue weighted by atomic mass is 10.0. The van der Waals surface area contributed by atoms with Crippen molar-refractivity contribution in [2.75, 3.05) is 17.7 Å². The molecule has 1 saturated carbocycles. The summed E-state index contributed by atoms with van der Waals surface area (Å²) in [6.07, 6.45) is 6.05. The predicted molar refractivity (Wildman–Crippen MR) is 111 cm³/mol. The van der Waals surface area contributed by atoms with Crippen LogP contribution in [0.25, 0.3) is 5.57 Å². The fourth-order valence-corrected chi connectivity index (χ4v) is 4.70. The summed E-state index contributed by atoms with van der Waals surface area (Å²) in [5, 5.41) is 11.9. The topological polar surface area (TPSA) is 86.7 Å². The van der Waals surface area contributed by atoms with E-state index in [-0.39, 0.29) is 30.4 Å². The summed E-state index contributed by atoms with van der Waals surface area (Å²) in [6.45, 7) is 1.37. The van der Waals surface area contributed by atoms with Gasteiger partial charge in [-0.2, -0.15) is 0 Å². The largest absolute Gasteiger partial charge is 0.396 e. The van der Waals surface area contributed by atoms with Crippen molar-refractivity contribution in [1.29, 1.82) is 0 Å². The van der Waals surface area contributed by atoms with Crippen molar-refractivity contribution in [2.45, 2.75) is 51.5 Å². The van der Waals surface area contributed by atoms with Crippen LogP contribution in [-0.2, 0) is 14.4 Å². The maximum Gasteiger partial charge on any atom is 0.268 e. The van der Waals surface area contributed by atoms with Crippen molar-refractivity contribution in [3.8, 4) is 0 Å². The van der Waals surface area contributed by atoms with Gasteiger partial charge in [0.1, 0.15) is 0 Å². The molecule has 2 N–H and O–H groups in total. The van der Waals surface area contributed by atoms with E-state index in [1.54, 1.807) is 24.3 Å². The molecule has 1 aromatic rings. The van der Waals surface area contributed by atoms with Gasteiger partial charge in [0.15, 0.2) is 0 Å². The number of hydrogen-bond acceptors (Lipinski definition) is 5. The van der Waals surface area contributed by atoms with Crippen molar-refractivity contribution in [2.24, 2.45) is 0 Å². The van der Waals surface area contributed by atoms with E-state index in [9.17, 15) is 19.5 Å². The zero-order chi connectivity index (χ0) is 20.1. The lowest BCUT2D eigenvalue weighted by Gasteiger charge is -2.25. The molecule has 150 valence electrons. The van der Waals surface area contributed by atoms with E-state index in [0.29, 0.717) is 27.5 Å². The predicted octanol–water partition coefficient (Wildman–Crippen LogP) is 3.17. The minimum atomic E-state index is -0.246. The highest BCUT2D eigenvalue weighted by atomic mass is 32.2. The summed E-state index contributed by atoms with van der Waals surface area (Å²) in [7, 11) is 0. The molecule has 0 spiro atoms. The summed E-state index contributed by atoms with van der Waals surface area (Å²) in [5.74, 6) is -0.293. The van der Waals surface area contributed by atoms with Crippen LogP contribution in [0.5, 0.6) is 0 Å². The lowest BCUT2D eigenvalue weighted by Crippen LogP contribution is -2.40. The fraction of sp³-hybridized carbons (Fsp3) is 0.476. The van der Waals surface area contributed by atoms with Crippen LogP contribution < -0.4 is 5.32 Å². The highest BCUT2D eigenvalue weighted by Gasteiger charge is 2.42. The molecule has 1 aromatic carbocycles. The Morgan fingerprint density at radius 3 is 2.32 bits per heavy atom. The van der Waals surface area contributed by atoms with Crippen LogP contribution in [0.1, 0.15) is 51.0 Å². The Hall–Kier alpha value is -2.12. The van der Waals surface area contributed by atoms with Crippen molar-refractivity contribution >= 4 is 40.7 Å². The van der Waals surface area contributed by atoms with Gasteiger partial charge < -0.3 is 10.4 Å². The Morgan fingerprint density at radius 2 is 1.75 bits per heavy atom. The number of amides is 3. The van der Waals surface area contributed by atoms with Gasteiger partial charge in [-0.05, 0) is 30.5 Å². The molecular formula is C21H26N2O4S. The number of hydrogen-bond donors (Lipinski definition) is 2. The Morgan fingerprint density at radius 1 is 1.11 bits per heavy atom. The summed E-state index contributed by atoms with van der Waals surface area (Å²) < 4.78 is 0. The Bertz CT molecular complexity index is 780. The fourth-order valence-electron chi connectivity index (χ4n) is 3.83. The summed E-state index contributed by atoms with van der Waals surface area (Å²) in [5.41, 5.74) is 1.70. The first-order chi connectivity index (χ1) is 13.5. The van der Waals surface area contributed by atoms with E-state index in [0.717, 1.165) is 38.5 Å². The average molecular weight is 403 g/mol. The average Bonchev–Trinajstić information content (AvgIpc) is 2.84. The second kappa shape index (κ2) is 9.39. The number of carbonyl (C=O) groups is 3. The normalized spacial score (nSPS) is 18.6. The molecule has 3 amide bonds. The van der Waals surface area contributed by atoms with Gasteiger partial charge in [-0.15, -0.1) is 11.8 Å². The van der Waals surface area contributed by atoms with Gasteiger partial charge in [0.2, 0.25) is 5.91 Å². The molecular weight excluding hydrogens is 376 g/mol. The molecule has 2 aliphatic rings. The van der Waals surface area contributed by atoms with Gasteiger partial charge in [-0.3, -0.25) is 19.3 Å². The number of aliphatic hydroxyl groups excluding tert-OH is 1. The van der Waals surface area contributed by atoms with Gasteiger partial charge in [-0.1, -0.05) is 37.8 Å². The quantitative estimate of drug-likeness (QED) is 0.564. The third-order valence-corrected chi connectivity index (χ3v) is 6.15. The number of anilines is 1. The molecule has 1 fully saturated rings. The van der Waals surface area contributed by atoms with Gasteiger partial charge in [0.05, 0.1) is 17.1 Å². The second-order valence-corrected chi connectivity index (χ2v) is 8.27. The molecule has 7 heteroatoms. The molecule has 28 heavy (non-hydrogen) atoms. The summed E-state index contributed by atoms with van der Waals surface area (Å²) in [6, 6.07) is 6.90. The van der Waals surface area contributed by atoms with Gasteiger partial charge in [0, 0.05) is 24.4 Å². The molecule has 1 heterocycles. The maximum atomic E-state index is 13.3. The van der Waals surface area contributed by atoms with Crippen LogP contribution in [0.3, 0.4) is 0 Å². The smallest absolute Gasteiger partial charge is 0.268 e. The van der Waals surface area contributed by atoms with E-state index in [4.69, 9.17) is 0 Å². The van der Waals surface area contributed by atoms with Crippen molar-refractivity contribution in [1.82, 2.24) is 4.90 Å². The number of imide groups is 1. The number of aliphatic hydroxyl groups is 1. The zero-order valence-electron chi connectivity index (χ0n) is 16.1. The molecule has 0 atom stereocenters. The number of carbonyl (C=O) groups excluding carboxylic acids is 3. The van der Waals surface area contributed by atoms with E-state index in [1.165, 1.54) is 23.6 Å². The maximum absolute atomic E-state index is 13.3. The monoisotopic (exact) mass is 402 g/mol. The van der Waals surface area contributed by atoms with E-state index >= 15 is 0 Å². The molecule has 0 saturated heterocycles. The number of rotatable bonds is 6. The first-order valence-electron chi connectivity index (χ1n) is 9.76. The summed E-state index contributed by atoms with van der Waals surface area (Å²) >= 11 is 1.23. The standard InChI is InChI=1S/C21H26N2O4S/c1-14(25)22-16-10-8-15(9-11-16)18-19(28-13-12-24)21(27)23(20(18)26)17-6-4-2-3-5-7-17/h8-11,17,24H,2-7,12-13H2,1H3,(H,22,25). The lowest BCUT2D eigenvalue weighted by molar-refractivity contribution is -0.139. The number of thioether (sulfide) groups is 1. The van der Waals surface area contributed by atoms with Crippen LogP contribution in [0, 0.1) is 0 Å². The zero-order valence-corrected chi connectivity index (χ0v) is 16.9. The van der Waals surface area contributed by atoms with Crippen molar-refractivity contribution in [3.63, 3.8) is 0 Å². The van der Waals surface area contributed by atoms with E-state index in [2.05, 4.69) is 5.32 Å². The molecule has 0 radical (unpaired) electrons. The molecule has 0 bridgehead atoms. The minimum Gasteiger partial charge on any atom is -0.396 e. The second-order valence-electron chi connectivity index (χ2n) is 7.16. The van der Waals surface area contributed by atoms with Crippen molar-refractivity contribution < 1.29 is 19.5 Å². The SMILES string of the molecule is CC(=O)Nc1ccc(C2=C(SCCO)C(=O)N(C3CCCCCC3)C2=O)cc1. The highest BCUT2D eigenvalue weighted by Crippen LogP contribution is 2.39. The van der Waals surface area contributed by atoms with Crippen LogP contribution in [0.4, 0.5) is 5.69 Å². The molecule has 0 unspecified atom stereocenters. The Balaban J connectivity index is 1.92. The Kier molecular flexibility index (Phi) is 6.91. The van der Waals surface area contributed by atoms with Crippen LogP contribution in [0.2, 0.25) is 0 Å².